The number of anilines is 2. The van der Waals surface area contributed by atoms with E-state index in [1.807, 2.05) is 0 Å². The third-order valence-electron chi connectivity index (χ3n) is 7.93. The molecule has 0 aliphatic heterocycles. The van der Waals surface area contributed by atoms with Crippen LogP contribution in [0.4, 0.5) is 11.4 Å². The summed E-state index contributed by atoms with van der Waals surface area (Å²) < 4.78 is 0. The Bertz CT molecular complexity index is 1400. The van der Waals surface area contributed by atoms with Gasteiger partial charge >= 0.3 is 0 Å². The molecule has 7 rings (SSSR count). The zero-order chi connectivity index (χ0) is 21.9. The van der Waals surface area contributed by atoms with Crippen molar-refractivity contribution in [2.75, 3.05) is 4.90 Å². The zero-order valence-electron chi connectivity index (χ0n) is 18.4. The van der Waals surface area contributed by atoms with Gasteiger partial charge in [-0.2, -0.15) is 0 Å². The molecule has 0 saturated heterocycles. The number of allylic oxidation sites excluding steroid dienone is 1. The van der Waals surface area contributed by atoms with Gasteiger partial charge in [0.25, 0.3) is 0 Å². The van der Waals surface area contributed by atoms with Crippen LogP contribution in [-0.4, -0.2) is 6.04 Å². The third-order valence-corrected chi connectivity index (χ3v) is 7.93. The zero-order valence-corrected chi connectivity index (χ0v) is 18.4. The molecule has 0 heterocycles. The summed E-state index contributed by atoms with van der Waals surface area (Å²) >= 11 is 0. The van der Waals surface area contributed by atoms with Crippen LogP contribution >= 0.6 is 0 Å². The Balaban J connectivity index is 1.49. The number of rotatable bonds is 4. The first kappa shape index (κ1) is 18.8. The standard InChI is InChI=1S/C31H26N2/c32-18-17-23-20-13-14-21(19-20)31(23)33(22-7-2-1-3-8-22)29-16-15-27-25-10-5-4-9-24(25)26-11-6-12-28(29)30(26)27/h1-18,20-21,23,31H,19,32H2/b18-17-/t20?,21-,23?,31?/m1/s1. The predicted octanol–water partition coefficient (Wildman–Crippen LogP) is 7.29. The topological polar surface area (TPSA) is 29.3 Å². The largest absolute Gasteiger partial charge is 0.405 e. The molecule has 2 nitrogen and oxygen atoms in total. The van der Waals surface area contributed by atoms with Crippen molar-refractivity contribution in [3.05, 3.63) is 109 Å². The second-order valence-electron chi connectivity index (χ2n) is 9.51. The van der Waals surface area contributed by atoms with Crippen molar-refractivity contribution in [2.45, 2.75) is 12.5 Å². The van der Waals surface area contributed by atoms with E-state index in [0.29, 0.717) is 23.8 Å². The molecule has 4 atom stereocenters. The van der Waals surface area contributed by atoms with E-state index in [9.17, 15) is 0 Å². The highest BCUT2D eigenvalue weighted by molar-refractivity contribution is 6.18. The highest BCUT2D eigenvalue weighted by atomic mass is 15.2. The van der Waals surface area contributed by atoms with Gasteiger partial charge in [-0.15, -0.1) is 0 Å². The van der Waals surface area contributed by atoms with Crippen LogP contribution in [0, 0.1) is 17.8 Å². The lowest BCUT2D eigenvalue weighted by atomic mass is 9.86. The first-order chi connectivity index (χ1) is 16.3. The summed E-state index contributed by atoms with van der Waals surface area (Å²) in [6.07, 6.45) is 10.0. The van der Waals surface area contributed by atoms with Crippen LogP contribution in [-0.2, 0) is 0 Å². The molecule has 0 spiro atoms. The van der Waals surface area contributed by atoms with Crippen LogP contribution in [0.5, 0.6) is 0 Å². The summed E-state index contributed by atoms with van der Waals surface area (Å²) in [5.74, 6) is 1.49. The molecule has 1 fully saturated rings. The number of hydrogen-bond acceptors (Lipinski definition) is 2. The fourth-order valence-electron chi connectivity index (χ4n) is 6.65. The van der Waals surface area contributed by atoms with Gasteiger partial charge in [0.05, 0.1) is 0 Å². The van der Waals surface area contributed by atoms with Gasteiger partial charge in [-0.25, -0.2) is 0 Å². The molecule has 33 heavy (non-hydrogen) atoms. The van der Waals surface area contributed by atoms with Crippen molar-refractivity contribution in [1.29, 1.82) is 0 Å². The first-order valence-electron chi connectivity index (χ1n) is 11.9. The molecule has 0 radical (unpaired) electrons. The van der Waals surface area contributed by atoms with Gasteiger partial charge in [-0.1, -0.05) is 85.0 Å². The Morgan fingerprint density at radius 1 is 0.697 bits per heavy atom. The van der Waals surface area contributed by atoms with E-state index in [0.717, 1.165) is 0 Å². The summed E-state index contributed by atoms with van der Waals surface area (Å²) in [7, 11) is 0. The van der Waals surface area contributed by atoms with Gasteiger partial charge in [0.15, 0.2) is 0 Å². The van der Waals surface area contributed by atoms with E-state index in [-0.39, 0.29) is 0 Å². The molecule has 2 bridgehead atoms. The van der Waals surface area contributed by atoms with E-state index >= 15 is 0 Å². The number of nitrogens with zero attached hydrogens (tertiary/aromatic N) is 1. The molecule has 1 saturated carbocycles. The van der Waals surface area contributed by atoms with Gasteiger partial charge in [-0.3, -0.25) is 0 Å². The number of hydrogen-bond donors (Lipinski definition) is 1. The SMILES string of the molecule is N/C=C\C1C2C=C[C@H](C2)C1N(c1ccccc1)c1ccc2c3c(cccc13)-c1ccccc1-2. The maximum Gasteiger partial charge on any atom is 0.0494 e. The first-order valence-corrected chi connectivity index (χ1v) is 11.9. The van der Waals surface area contributed by atoms with Crippen molar-refractivity contribution in [1.82, 2.24) is 0 Å². The van der Waals surface area contributed by atoms with Crippen molar-refractivity contribution < 1.29 is 0 Å². The van der Waals surface area contributed by atoms with Gasteiger partial charge in [0, 0.05) is 28.7 Å². The van der Waals surface area contributed by atoms with E-state index in [1.165, 1.54) is 50.8 Å². The second kappa shape index (κ2) is 7.11. The molecule has 2 N–H and O–H groups in total. The lowest BCUT2D eigenvalue weighted by Crippen LogP contribution is -2.40. The summed E-state index contributed by atoms with van der Waals surface area (Å²) in [5, 5.41) is 2.70. The van der Waals surface area contributed by atoms with Crippen LogP contribution in [0.3, 0.4) is 0 Å². The Kier molecular flexibility index (Phi) is 4.04. The Labute approximate surface area is 194 Å². The number of para-hydroxylation sites is 1. The summed E-state index contributed by atoms with van der Waals surface area (Å²) in [6, 6.07) is 31.5. The number of nitrogens with two attached hydrogens (primary N) is 1. The molecule has 2 heteroatoms. The maximum absolute atomic E-state index is 5.94. The molecule has 4 aromatic carbocycles. The normalized spacial score (nSPS) is 24.1. The molecular formula is C31H26N2. The third kappa shape index (κ3) is 2.61. The van der Waals surface area contributed by atoms with Gasteiger partial charge in [-0.05, 0) is 70.3 Å². The van der Waals surface area contributed by atoms with Crippen LogP contribution in [0.15, 0.2) is 109 Å². The van der Waals surface area contributed by atoms with Crippen molar-refractivity contribution in [3.8, 4) is 22.3 Å². The quantitative estimate of drug-likeness (QED) is 0.306. The summed E-state index contributed by atoms with van der Waals surface area (Å²) in [6.45, 7) is 0. The van der Waals surface area contributed by atoms with Crippen LogP contribution < -0.4 is 10.6 Å². The molecule has 0 aromatic heterocycles. The number of fused-ring (bicyclic) bond motifs is 5. The molecular weight excluding hydrogens is 400 g/mol. The molecule has 3 aliphatic rings. The fourth-order valence-corrected chi connectivity index (χ4v) is 6.65. The molecule has 160 valence electrons. The average molecular weight is 427 g/mol. The number of benzene rings is 4. The molecule has 3 unspecified atom stereocenters. The minimum absolute atomic E-state index is 0.350. The maximum atomic E-state index is 5.94. The molecule has 0 amide bonds. The smallest absolute Gasteiger partial charge is 0.0494 e. The second-order valence-corrected chi connectivity index (χ2v) is 9.51. The van der Waals surface area contributed by atoms with Crippen LogP contribution in [0.1, 0.15) is 6.42 Å². The van der Waals surface area contributed by atoms with E-state index < -0.39 is 0 Å². The Morgan fingerprint density at radius 2 is 1.39 bits per heavy atom. The minimum atomic E-state index is 0.350. The van der Waals surface area contributed by atoms with Crippen molar-refractivity contribution >= 4 is 22.1 Å². The van der Waals surface area contributed by atoms with Gasteiger partial charge in [0.1, 0.15) is 0 Å². The summed E-state index contributed by atoms with van der Waals surface area (Å²) in [4.78, 5) is 2.60. The van der Waals surface area contributed by atoms with Crippen molar-refractivity contribution in [2.24, 2.45) is 23.5 Å². The lowest BCUT2D eigenvalue weighted by molar-refractivity contribution is 0.466. The van der Waals surface area contributed by atoms with Crippen LogP contribution in [0.2, 0.25) is 0 Å². The predicted molar refractivity (Wildman–Crippen MR) is 138 cm³/mol. The fraction of sp³-hybridized carbons (Fsp3) is 0.161. The highest BCUT2D eigenvalue weighted by Crippen LogP contribution is 2.53. The molecule has 4 aromatic rings. The summed E-state index contributed by atoms with van der Waals surface area (Å²) in [5.41, 5.74) is 13.9. The van der Waals surface area contributed by atoms with Gasteiger partial charge in [0.2, 0.25) is 0 Å². The monoisotopic (exact) mass is 426 g/mol. The Hall–Kier alpha value is -3.78. The van der Waals surface area contributed by atoms with E-state index in [4.69, 9.17) is 5.73 Å². The minimum Gasteiger partial charge on any atom is -0.405 e. The Morgan fingerprint density at radius 3 is 2.18 bits per heavy atom. The average Bonchev–Trinajstić information content (AvgIpc) is 3.56. The highest BCUT2D eigenvalue weighted by Gasteiger charge is 2.47. The van der Waals surface area contributed by atoms with E-state index in [2.05, 4.69) is 108 Å². The lowest BCUT2D eigenvalue weighted by Gasteiger charge is -2.39. The van der Waals surface area contributed by atoms with Crippen LogP contribution in [0.25, 0.3) is 33.0 Å². The van der Waals surface area contributed by atoms with E-state index in [1.54, 1.807) is 6.20 Å². The van der Waals surface area contributed by atoms with Crippen molar-refractivity contribution in [3.63, 3.8) is 0 Å². The molecule has 3 aliphatic carbocycles. The van der Waals surface area contributed by atoms with Gasteiger partial charge < -0.3 is 10.6 Å².